The highest BCUT2D eigenvalue weighted by atomic mass is 16.5. The van der Waals surface area contributed by atoms with Crippen molar-refractivity contribution < 1.29 is 4.74 Å². The Morgan fingerprint density at radius 3 is 3.27 bits per heavy atom. The fraction of sp³-hybridized carbons (Fsp3) is 0.583. The third-order valence-electron chi connectivity index (χ3n) is 2.86. The zero-order valence-electron chi connectivity index (χ0n) is 9.20. The molecule has 1 unspecified atom stereocenters. The first-order valence-electron chi connectivity index (χ1n) is 5.58. The average Bonchev–Trinajstić information content (AvgIpc) is 2.74. The maximum absolute atomic E-state index is 5.54. The number of nitrogens with one attached hydrogen (secondary N) is 1. The summed E-state index contributed by atoms with van der Waals surface area (Å²) >= 11 is 0. The van der Waals surface area contributed by atoms with Gasteiger partial charge >= 0.3 is 0 Å². The van der Waals surface area contributed by atoms with Gasteiger partial charge in [-0.1, -0.05) is 0 Å². The molecular formula is C12H18N2O. The van der Waals surface area contributed by atoms with E-state index in [9.17, 15) is 0 Å². The summed E-state index contributed by atoms with van der Waals surface area (Å²) in [7, 11) is 0. The second-order valence-electron chi connectivity index (χ2n) is 4.07. The molecule has 0 bridgehead atoms. The first kappa shape index (κ1) is 10.6. The Labute approximate surface area is 90.9 Å². The van der Waals surface area contributed by atoms with E-state index < -0.39 is 0 Å². The molecule has 0 radical (unpaired) electrons. The summed E-state index contributed by atoms with van der Waals surface area (Å²) < 4.78 is 5.54. The number of hydrogen-bond acceptors (Lipinski definition) is 3. The first-order valence-corrected chi connectivity index (χ1v) is 5.58. The van der Waals surface area contributed by atoms with Gasteiger partial charge in [-0.2, -0.15) is 0 Å². The van der Waals surface area contributed by atoms with Crippen LogP contribution >= 0.6 is 0 Å². The highest BCUT2D eigenvalue weighted by molar-refractivity contribution is 5.20. The number of rotatable bonds is 4. The molecule has 0 spiro atoms. The van der Waals surface area contributed by atoms with E-state index in [1.807, 2.05) is 18.5 Å². The van der Waals surface area contributed by atoms with Gasteiger partial charge in [-0.25, -0.2) is 0 Å². The van der Waals surface area contributed by atoms with E-state index in [1.165, 1.54) is 24.0 Å². The summed E-state index contributed by atoms with van der Waals surface area (Å²) in [5.74, 6) is 0. The molecule has 0 amide bonds. The van der Waals surface area contributed by atoms with Gasteiger partial charge in [-0.05, 0) is 37.0 Å². The van der Waals surface area contributed by atoms with Crippen molar-refractivity contribution in [3.63, 3.8) is 0 Å². The summed E-state index contributed by atoms with van der Waals surface area (Å²) in [5.41, 5.74) is 2.57. The normalized spacial score (nSPS) is 20.7. The molecule has 1 aromatic heterocycles. The molecule has 0 aromatic carbocycles. The van der Waals surface area contributed by atoms with Crippen LogP contribution in [0, 0.1) is 6.92 Å². The minimum Gasteiger partial charge on any atom is -0.377 e. The van der Waals surface area contributed by atoms with Crippen LogP contribution < -0.4 is 5.32 Å². The molecule has 1 aliphatic heterocycles. The summed E-state index contributed by atoms with van der Waals surface area (Å²) in [6, 6.07) is 2.04. The van der Waals surface area contributed by atoms with Crippen molar-refractivity contribution in [3.8, 4) is 0 Å². The second-order valence-corrected chi connectivity index (χ2v) is 4.07. The van der Waals surface area contributed by atoms with Gasteiger partial charge in [0.25, 0.3) is 0 Å². The lowest BCUT2D eigenvalue weighted by Gasteiger charge is -2.11. The van der Waals surface area contributed by atoms with E-state index in [0.717, 1.165) is 19.7 Å². The van der Waals surface area contributed by atoms with Gasteiger partial charge < -0.3 is 10.1 Å². The van der Waals surface area contributed by atoms with E-state index in [2.05, 4.69) is 17.2 Å². The largest absolute Gasteiger partial charge is 0.377 e. The fourth-order valence-electron chi connectivity index (χ4n) is 1.85. The third kappa shape index (κ3) is 3.01. The Hall–Kier alpha value is -0.930. The minimum absolute atomic E-state index is 0.418. The standard InChI is InChI=1S/C12H18N2O/c1-10-4-5-13-7-11(10)8-14-9-12-3-2-6-15-12/h4-5,7,12,14H,2-3,6,8-9H2,1H3. The number of aryl methyl sites for hydroxylation is 1. The molecule has 1 N–H and O–H groups in total. The predicted octanol–water partition coefficient (Wildman–Crippen LogP) is 1.66. The van der Waals surface area contributed by atoms with Gasteiger partial charge in [0.05, 0.1) is 6.10 Å². The molecule has 15 heavy (non-hydrogen) atoms. The van der Waals surface area contributed by atoms with Crippen LogP contribution in [0.4, 0.5) is 0 Å². The molecule has 2 rings (SSSR count). The molecule has 82 valence electrons. The molecule has 1 saturated heterocycles. The number of nitrogens with zero attached hydrogens (tertiary/aromatic N) is 1. The van der Waals surface area contributed by atoms with Crippen molar-refractivity contribution in [1.29, 1.82) is 0 Å². The maximum Gasteiger partial charge on any atom is 0.0700 e. The maximum atomic E-state index is 5.54. The van der Waals surface area contributed by atoms with Gasteiger partial charge in [-0.15, -0.1) is 0 Å². The summed E-state index contributed by atoms with van der Waals surface area (Å²) in [6.45, 7) is 4.89. The molecule has 3 heteroatoms. The van der Waals surface area contributed by atoms with Crippen molar-refractivity contribution in [3.05, 3.63) is 29.6 Å². The van der Waals surface area contributed by atoms with Crippen molar-refractivity contribution in [1.82, 2.24) is 10.3 Å². The quantitative estimate of drug-likeness (QED) is 0.813. The number of aromatic nitrogens is 1. The highest BCUT2D eigenvalue weighted by Crippen LogP contribution is 2.11. The van der Waals surface area contributed by atoms with Crippen molar-refractivity contribution >= 4 is 0 Å². The highest BCUT2D eigenvalue weighted by Gasteiger charge is 2.14. The summed E-state index contributed by atoms with van der Waals surface area (Å²) in [4.78, 5) is 4.12. The van der Waals surface area contributed by atoms with E-state index in [1.54, 1.807) is 0 Å². The lowest BCUT2D eigenvalue weighted by Crippen LogP contribution is -2.26. The lowest BCUT2D eigenvalue weighted by molar-refractivity contribution is 0.110. The van der Waals surface area contributed by atoms with Gasteiger partial charge in [0.2, 0.25) is 0 Å². The first-order chi connectivity index (χ1) is 7.36. The zero-order chi connectivity index (χ0) is 10.5. The van der Waals surface area contributed by atoms with Gasteiger partial charge in [0.1, 0.15) is 0 Å². The predicted molar refractivity (Wildman–Crippen MR) is 59.7 cm³/mol. The Kier molecular flexibility index (Phi) is 3.69. The lowest BCUT2D eigenvalue weighted by atomic mass is 10.1. The Morgan fingerprint density at radius 1 is 1.60 bits per heavy atom. The molecule has 1 aromatic rings. The number of hydrogen-bond donors (Lipinski definition) is 1. The molecule has 0 saturated carbocycles. The SMILES string of the molecule is Cc1ccncc1CNCC1CCCO1. The van der Waals surface area contributed by atoms with Crippen LogP contribution in [-0.4, -0.2) is 24.2 Å². The van der Waals surface area contributed by atoms with E-state index in [-0.39, 0.29) is 0 Å². The number of ether oxygens (including phenoxy) is 1. The Balaban J connectivity index is 1.75. The average molecular weight is 206 g/mol. The molecule has 1 fully saturated rings. The van der Waals surface area contributed by atoms with Crippen LogP contribution in [-0.2, 0) is 11.3 Å². The van der Waals surface area contributed by atoms with Crippen LogP contribution in [0.1, 0.15) is 24.0 Å². The summed E-state index contributed by atoms with van der Waals surface area (Å²) in [5, 5.41) is 3.42. The molecule has 3 nitrogen and oxygen atoms in total. The van der Waals surface area contributed by atoms with Crippen LogP contribution in [0.25, 0.3) is 0 Å². The zero-order valence-corrected chi connectivity index (χ0v) is 9.20. The molecule has 1 atom stereocenters. The monoisotopic (exact) mass is 206 g/mol. The van der Waals surface area contributed by atoms with Crippen LogP contribution in [0.15, 0.2) is 18.5 Å². The Morgan fingerprint density at radius 2 is 2.53 bits per heavy atom. The summed E-state index contributed by atoms with van der Waals surface area (Å²) in [6.07, 6.45) is 6.58. The van der Waals surface area contributed by atoms with Crippen molar-refractivity contribution in [2.24, 2.45) is 0 Å². The van der Waals surface area contributed by atoms with E-state index in [0.29, 0.717) is 6.10 Å². The molecule has 1 aliphatic rings. The smallest absolute Gasteiger partial charge is 0.0700 e. The van der Waals surface area contributed by atoms with Crippen molar-refractivity contribution in [2.45, 2.75) is 32.4 Å². The Bertz CT molecular complexity index is 308. The molecular weight excluding hydrogens is 188 g/mol. The van der Waals surface area contributed by atoms with Gasteiger partial charge in [-0.3, -0.25) is 4.98 Å². The fourth-order valence-corrected chi connectivity index (χ4v) is 1.85. The molecule has 0 aliphatic carbocycles. The van der Waals surface area contributed by atoms with Crippen LogP contribution in [0.2, 0.25) is 0 Å². The van der Waals surface area contributed by atoms with Crippen LogP contribution in [0.5, 0.6) is 0 Å². The van der Waals surface area contributed by atoms with Gasteiger partial charge in [0, 0.05) is 32.1 Å². The van der Waals surface area contributed by atoms with E-state index in [4.69, 9.17) is 4.74 Å². The topological polar surface area (TPSA) is 34.2 Å². The number of pyridine rings is 1. The van der Waals surface area contributed by atoms with Gasteiger partial charge in [0.15, 0.2) is 0 Å². The van der Waals surface area contributed by atoms with Crippen LogP contribution in [0.3, 0.4) is 0 Å². The van der Waals surface area contributed by atoms with E-state index >= 15 is 0 Å². The second kappa shape index (κ2) is 5.24. The molecule has 2 heterocycles. The third-order valence-corrected chi connectivity index (χ3v) is 2.86. The minimum atomic E-state index is 0.418. The van der Waals surface area contributed by atoms with Crippen molar-refractivity contribution in [2.75, 3.05) is 13.2 Å².